The van der Waals surface area contributed by atoms with Crippen LogP contribution in [0.3, 0.4) is 0 Å². The maximum Gasteiger partial charge on any atom is 0.142 e. The predicted octanol–water partition coefficient (Wildman–Crippen LogP) is 3.27. The zero-order valence-electron chi connectivity index (χ0n) is 9.72. The molecule has 0 spiro atoms. The predicted molar refractivity (Wildman–Crippen MR) is 66.5 cm³/mol. The Kier molecular flexibility index (Phi) is 4.02. The molecule has 0 atom stereocenters. The summed E-state index contributed by atoms with van der Waals surface area (Å²) in [7, 11) is 0. The molecule has 0 unspecified atom stereocenters. The van der Waals surface area contributed by atoms with Crippen molar-refractivity contribution in [1.29, 1.82) is 0 Å². The quantitative estimate of drug-likeness (QED) is 0.899. The molecule has 2 nitrogen and oxygen atoms in total. The molecule has 1 fully saturated rings. The molecule has 1 aliphatic rings. The van der Waals surface area contributed by atoms with E-state index >= 15 is 0 Å². The molecule has 2 N–H and O–H groups in total. The van der Waals surface area contributed by atoms with Gasteiger partial charge in [-0.2, -0.15) is 0 Å². The number of benzene rings is 1. The SMILES string of the molecule is NC1(COCc2ccc(Cl)c(F)c2)CCCC1. The van der Waals surface area contributed by atoms with Gasteiger partial charge in [-0.3, -0.25) is 0 Å². The third-order valence-electron chi connectivity index (χ3n) is 3.24. The van der Waals surface area contributed by atoms with E-state index in [4.69, 9.17) is 22.1 Å². The van der Waals surface area contributed by atoms with Crippen LogP contribution in [0, 0.1) is 5.82 Å². The van der Waals surface area contributed by atoms with Gasteiger partial charge >= 0.3 is 0 Å². The van der Waals surface area contributed by atoms with Crippen LogP contribution in [0.5, 0.6) is 0 Å². The van der Waals surface area contributed by atoms with Gasteiger partial charge in [-0.05, 0) is 30.5 Å². The molecule has 1 aromatic carbocycles. The van der Waals surface area contributed by atoms with Crippen molar-refractivity contribution in [3.8, 4) is 0 Å². The van der Waals surface area contributed by atoms with Gasteiger partial charge in [-0.15, -0.1) is 0 Å². The molecule has 0 saturated heterocycles. The van der Waals surface area contributed by atoms with Crippen molar-refractivity contribution in [2.75, 3.05) is 6.61 Å². The lowest BCUT2D eigenvalue weighted by Crippen LogP contribution is -2.41. The highest BCUT2D eigenvalue weighted by molar-refractivity contribution is 6.30. The normalized spacial score (nSPS) is 18.5. The van der Waals surface area contributed by atoms with Gasteiger partial charge in [0, 0.05) is 5.54 Å². The van der Waals surface area contributed by atoms with Crippen molar-refractivity contribution in [3.05, 3.63) is 34.6 Å². The van der Waals surface area contributed by atoms with Crippen LogP contribution in [-0.4, -0.2) is 12.1 Å². The van der Waals surface area contributed by atoms with Gasteiger partial charge in [0.15, 0.2) is 0 Å². The first-order chi connectivity index (χ1) is 8.09. The number of nitrogens with two attached hydrogens (primary N) is 1. The van der Waals surface area contributed by atoms with Crippen molar-refractivity contribution in [2.45, 2.75) is 37.8 Å². The van der Waals surface area contributed by atoms with Gasteiger partial charge in [0.2, 0.25) is 0 Å². The van der Waals surface area contributed by atoms with Crippen molar-refractivity contribution in [1.82, 2.24) is 0 Å². The molecular formula is C13H17ClFNO. The first-order valence-corrected chi connectivity index (χ1v) is 6.27. The molecule has 1 aliphatic carbocycles. The number of hydrogen-bond acceptors (Lipinski definition) is 2. The van der Waals surface area contributed by atoms with Gasteiger partial charge in [0.1, 0.15) is 5.82 Å². The number of hydrogen-bond donors (Lipinski definition) is 1. The fraction of sp³-hybridized carbons (Fsp3) is 0.538. The molecular weight excluding hydrogens is 241 g/mol. The molecule has 17 heavy (non-hydrogen) atoms. The van der Waals surface area contributed by atoms with Crippen LogP contribution in [0.25, 0.3) is 0 Å². The number of rotatable bonds is 4. The first kappa shape index (κ1) is 12.8. The molecule has 1 aromatic rings. The Morgan fingerprint density at radius 1 is 1.35 bits per heavy atom. The van der Waals surface area contributed by atoms with E-state index in [1.807, 2.05) is 0 Å². The van der Waals surface area contributed by atoms with Crippen LogP contribution in [0.15, 0.2) is 18.2 Å². The van der Waals surface area contributed by atoms with Gasteiger partial charge in [0.05, 0.1) is 18.2 Å². The standard InChI is InChI=1S/C13H17ClFNO/c14-11-4-3-10(7-12(11)15)8-17-9-13(16)5-1-2-6-13/h3-4,7H,1-2,5-6,8-9,16H2. The van der Waals surface area contributed by atoms with E-state index < -0.39 is 5.82 Å². The highest BCUT2D eigenvalue weighted by Gasteiger charge is 2.29. The molecule has 94 valence electrons. The highest BCUT2D eigenvalue weighted by Crippen LogP contribution is 2.27. The molecule has 0 aromatic heterocycles. The Labute approximate surface area is 106 Å². The van der Waals surface area contributed by atoms with Crippen molar-refractivity contribution >= 4 is 11.6 Å². The summed E-state index contributed by atoms with van der Waals surface area (Å²) in [5.74, 6) is -0.406. The largest absolute Gasteiger partial charge is 0.375 e. The maximum absolute atomic E-state index is 13.2. The van der Waals surface area contributed by atoms with E-state index in [1.165, 1.54) is 18.9 Å². The Bertz CT molecular complexity index is 391. The summed E-state index contributed by atoms with van der Waals surface area (Å²) in [6, 6.07) is 4.72. The Morgan fingerprint density at radius 3 is 2.71 bits per heavy atom. The van der Waals surface area contributed by atoms with E-state index in [9.17, 15) is 4.39 Å². The molecule has 2 rings (SSSR count). The van der Waals surface area contributed by atoms with Crippen molar-refractivity contribution in [2.24, 2.45) is 5.73 Å². The summed E-state index contributed by atoms with van der Waals surface area (Å²) < 4.78 is 18.7. The summed E-state index contributed by atoms with van der Waals surface area (Å²) >= 11 is 5.60. The van der Waals surface area contributed by atoms with Crippen molar-refractivity contribution in [3.63, 3.8) is 0 Å². The smallest absolute Gasteiger partial charge is 0.142 e. The molecule has 4 heteroatoms. The van der Waals surface area contributed by atoms with Crippen LogP contribution in [-0.2, 0) is 11.3 Å². The lowest BCUT2D eigenvalue weighted by Gasteiger charge is -2.23. The molecule has 1 saturated carbocycles. The molecule has 0 aliphatic heterocycles. The van der Waals surface area contributed by atoms with Crippen LogP contribution >= 0.6 is 11.6 Å². The summed E-state index contributed by atoms with van der Waals surface area (Å²) in [5, 5.41) is 0.139. The molecule has 0 heterocycles. The van der Waals surface area contributed by atoms with Crippen LogP contribution in [0.2, 0.25) is 5.02 Å². The minimum atomic E-state index is -0.406. The van der Waals surface area contributed by atoms with Gasteiger partial charge in [0.25, 0.3) is 0 Å². The topological polar surface area (TPSA) is 35.2 Å². The monoisotopic (exact) mass is 257 g/mol. The van der Waals surface area contributed by atoms with E-state index in [-0.39, 0.29) is 10.6 Å². The molecule has 0 amide bonds. The summed E-state index contributed by atoms with van der Waals surface area (Å²) in [5.41, 5.74) is 6.77. The van der Waals surface area contributed by atoms with E-state index in [0.29, 0.717) is 13.2 Å². The van der Waals surface area contributed by atoms with E-state index in [1.54, 1.807) is 12.1 Å². The third-order valence-corrected chi connectivity index (χ3v) is 3.55. The average Bonchev–Trinajstić information content (AvgIpc) is 2.71. The van der Waals surface area contributed by atoms with Gasteiger partial charge in [-0.1, -0.05) is 30.5 Å². The zero-order chi connectivity index (χ0) is 12.3. The fourth-order valence-corrected chi connectivity index (χ4v) is 2.34. The second-order valence-electron chi connectivity index (χ2n) is 4.81. The lowest BCUT2D eigenvalue weighted by atomic mass is 10.0. The van der Waals surface area contributed by atoms with E-state index in [2.05, 4.69) is 0 Å². The fourth-order valence-electron chi connectivity index (χ4n) is 2.23. The Hall–Kier alpha value is -0.640. The second-order valence-corrected chi connectivity index (χ2v) is 5.22. The number of halogens is 2. The molecule has 0 bridgehead atoms. The minimum Gasteiger partial charge on any atom is -0.375 e. The Balaban J connectivity index is 1.83. The van der Waals surface area contributed by atoms with Crippen LogP contribution < -0.4 is 5.73 Å². The summed E-state index contributed by atoms with van der Waals surface area (Å²) in [6.07, 6.45) is 4.38. The van der Waals surface area contributed by atoms with Gasteiger partial charge in [-0.25, -0.2) is 4.39 Å². The highest BCUT2D eigenvalue weighted by atomic mass is 35.5. The van der Waals surface area contributed by atoms with Crippen LogP contribution in [0.4, 0.5) is 4.39 Å². The summed E-state index contributed by atoms with van der Waals surface area (Å²) in [4.78, 5) is 0. The first-order valence-electron chi connectivity index (χ1n) is 5.90. The minimum absolute atomic E-state index is 0.139. The molecule has 0 radical (unpaired) electrons. The second kappa shape index (κ2) is 5.34. The van der Waals surface area contributed by atoms with Crippen molar-refractivity contribution < 1.29 is 9.13 Å². The average molecular weight is 258 g/mol. The van der Waals surface area contributed by atoms with Crippen LogP contribution in [0.1, 0.15) is 31.2 Å². The van der Waals surface area contributed by atoms with Gasteiger partial charge < -0.3 is 10.5 Å². The third kappa shape index (κ3) is 3.41. The maximum atomic E-state index is 13.2. The zero-order valence-corrected chi connectivity index (χ0v) is 10.5. The van der Waals surface area contributed by atoms with E-state index in [0.717, 1.165) is 18.4 Å². The Morgan fingerprint density at radius 2 is 2.06 bits per heavy atom. The lowest BCUT2D eigenvalue weighted by molar-refractivity contribution is 0.0749. The summed E-state index contributed by atoms with van der Waals surface area (Å²) in [6.45, 7) is 0.921. The number of ether oxygens (including phenoxy) is 1.